The number of carbonyl (C=O) groups excluding carboxylic acids is 2. The maximum absolute atomic E-state index is 13.6. The molecular weight excluding hydrogens is 476 g/mol. The van der Waals surface area contributed by atoms with Gasteiger partial charge in [0.1, 0.15) is 6.04 Å². The van der Waals surface area contributed by atoms with E-state index >= 15 is 0 Å². The number of nitrogens with one attached hydrogen (secondary N) is 1. The average Bonchev–Trinajstić information content (AvgIpc) is 2.87. The molecule has 184 valence electrons. The van der Waals surface area contributed by atoms with Crippen LogP contribution in [0, 0.1) is 6.92 Å². The zero-order valence-electron chi connectivity index (χ0n) is 20.4. The fourth-order valence-corrected chi connectivity index (χ4v) is 4.73. The van der Waals surface area contributed by atoms with Gasteiger partial charge in [-0.15, -0.1) is 11.8 Å². The summed E-state index contributed by atoms with van der Waals surface area (Å²) in [6, 6.07) is 25.1. The van der Waals surface area contributed by atoms with Crippen molar-refractivity contribution in [3.05, 3.63) is 106 Å². The Morgan fingerprint density at radius 1 is 0.914 bits per heavy atom. The van der Waals surface area contributed by atoms with Crippen LogP contribution in [-0.4, -0.2) is 35.1 Å². The van der Waals surface area contributed by atoms with E-state index in [1.807, 2.05) is 92.7 Å². The Bertz CT molecular complexity index is 1070. The summed E-state index contributed by atoms with van der Waals surface area (Å²) in [5.41, 5.74) is 4.30. The lowest BCUT2D eigenvalue weighted by molar-refractivity contribution is -0.139. The van der Waals surface area contributed by atoms with E-state index in [2.05, 4.69) is 5.32 Å². The molecule has 2 amide bonds. The molecule has 3 rings (SSSR count). The molecule has 35 heavy (non-hydrogen) atoms. The van der Waals surface area contributed by atoms with Gasteiger partial charge in [0.15, 0.2) is 0 Å². The van der Waals surface area contributed by atoms with Crippen LogP contribution in [0.4, 0.5) is 0 Å². The predicted molar refractivity (Wildman–Crippen MR) is 147 cm³/mol. The van der Waals surface area contributed by atoms with Gasteiger partial charge in [-0.2, -0.15) is 0 Å². The third-order valence-corrected chi connectivity index (χ3v) is 6.94. The number of carbonyl (C=O) groups is 2. The number of halogens is 1. The first-order valence-corrected chi connectivity index (χ1v) is 13.5. The highest BCUT2D eigenvalue weighted by atomic mass is 35.5. The lowest BCUT2D eigenvalue weighted by Crippen LogP contribution is -2.51. The van der Waals surface area contributed by atoms with E-state index in [9.17, 15) is 9.59 Å². The first-order valence-electron chi connectivity index (χ1n) is 11.9. The van der Waals surface area contributed by atoms with Crippen LogP contribution in [0.1, 0.15) is 35.6 Å². The number of benzene rings is 3. The van der Waals surface area contributed by atoms with Gasteiger partial charge >= 0.3 is 0 Å². The molecule has 3 aromatic carbocycles. The van der Waals surface area contributed by atoms with Crippen LogP contribution in [0.25, 0.3) is 0 Å². The fraction of sp³-hybridized carbons (Fsp3) is 0.310. The van der Waals surface area contributed by atoms with Crippen LogP contribution in [0.3, 0.4) is 0 Å². The van der Waals surface area contributed by atoms with Crippen molar-refractivity contribution in [2.75, 3.05) is 12.3 Å². The molecule has 0 fully saturated rings. The van der Waals surface area contributed by atoms with Gasteiger partial charge in [-0.25, -0.2) is 0 Å². The Morgan fingerprint density at radius 3 is 2.23 bits per heavy atom. The van der Waals surface area contributed by atoms with Gasteiger partial charge in [-0.05, 0) is 42.2 Å². The van der Waals surface area contributed by atoms with Crippen LogP contribution in [0.2, 0.25) is 5.02 Å². The van der Waals surface area contributed by atoms with Gasteiger partial charge < -0.3 is 10.2 Å². The van der Waals surface area contributed by atoms with E-state index in [1.54, 1.807) is 16.7 Å². The summed E-state index contributed by atoms with van der Waals surface area (Å²) in [7, 11) is 0. The molecule has 0 radical (unpaired) electrons. The Hall–Kier alpha value is -2.76. The Kier molecular flexibility index (Phi) is 10.7. The van der Waals surface area contributed by atoms with Crippen molar-refractivity contribution in [3.63, 3.8) is 0 Å². The lowest BCUT2D eigenvalue weighted by Gasteiger charge is -2.31. The smallest absolute Gasteiger partial charge is 0.243 e. The van der Waals surface area contributed by atoms with Crippen molar-refractivity contribution in [2.24, 2.45) is 0 Å². The highest BCUT2D eigenvalue weighted by molar-refractivity contribution is 7.99. The fourth-order valence-electron chi connectivity index (χ4n) is 3.73. The van der Waals surface area contributed by atoms with Crippen molar-refractivity contribution in [1.82, 2.24) is 10.2 Å². The molecule has 0 saturated heterocycles. The maximum atomic E-state index is 13.6. The van der Waals surface area contributed by atoms with E-state index in [1.165, 1.54) is 0 Å². The van der Waals surface area contributed by atoms with Crippen molar-refractivity contribution >= 4 is 35.2 Å². The number of amides is 2. The van der Waals surface area contributed by atoms with Crippen LogP contribution in [0.5, 0.6) is 0 Å². The molecule has 1 N–H and O–H groups in total. The third-order valence-electron chi connectivity index (χ3n) is 5.70. The molecule has 0 bridgehead atoms. The molecule has 1 atom stereocenters. The maximum Gasteiger partial charge on any atom is 0.243 e. The summed E-state index contributed by atoms with van der Waals surface area (Å²) in [6.07, 6.45) is 1.31. The van der Waals surface area contributed by atoms with Gasteiger partial charge in [0.05, 0.1) is 5.75 Å². The minimum atomic E-state index is -0.589. The zero-order chi connectivity index (χ0) is 25.0. The van der Waals surface area contributed by atoms with E-state index in [0.717, 1.165) is 28.7 Å². The highest BCUT2D eigenvalue weighted by Gasteiger charge is 2.30. The summed E-state index contributed by atoms with van der Waals surface area (Å²) in [5, 5.41) is 3.71. The van der Waals surface area contributed by atoms with Crippen molar-refractivity contribution < 1.29 is 9.59 Å². The molecule has 0 aromatic heterocycles. The van der Waals surface area contributed by atoms with Crippen LogP contribution in [0.15, 0.2) is 78.9 Å². The normalized spacial score (nSPS) is 11.6. The Balaban J connectivity index is 1.81. The SMILES string of the molecule is CCCNC(=O)C(Cc1ccccc1)N(Cc1ccc(C)cc1)C(=O)CSCc1ccc(Cl)cc1. The summed E-state index contributed by atoms with van der Waals surface area (Å²) < 4.78 is 0. The molecule has 6 heteroatoms. The molecule has 3 aromatic rings. The molecule has 0 spiro atoms. The second-order valence-electron chi connectivity index (χ2n) is 8.62. The van der Waals surface area contributed by atoms with Gasteiger partial charge in [-0.1, -0.05) is 90.8 Å². The van der Waals surface area contributed by atoms with Crippen molar-refractivity contribution in [2.45, 2.75) is 45.0 Å². The number of aryl methyl sites for hydroxylation is 1. The number of thioether (sulfide) groups is 1. The molecule has 4 nitrogen and oxygen atoms in total. The summed E-state index contributed by atoms with van der Waals surface area (Å²) >= 11 is 7.54. The number of hydrogen-bond acceptors (Lipinski definition) is 3. The van der Waals surface area contributed by atoms with E-state index in [4.69, 9.17) is 11.6 Å². The van der Waals surface area contributed by atoms with Gasteiger partial charge in [-0.3, -0.25) is 9.59 Å². The van der Waals surface area contributed by atoms with Crippen molar-refractivity contribution in [1.29, 1.82) is 0 Å². The molecule has 0 aliphatic carbocycles. The number of hydrogen-bond donors (Lipinski definition) is 1. The highest BCUT2D eigenvalue weighted by Crippen LogP contribution is 2.20. The second-order valence-corrected chi connectivity index (χ2v) is 10.0. The Labute approximate surface area is 218 Å². The monoisotopic (exact) mass is 508 g/mol. The third kappa shape index (κ3) is 8.75. The van der Waals surface area contributed by atoms with E-state index in [-0.39, 0.29) is 11.8 Å². The lowest BCUT2D eigenvalue weighted by atomic mass is 10.0. The average molecular weight is 509 g/mol. The van der Waals surface area contributed by atoms with Crippen LogP contribution >= 0.6 is 23.4 Å². The quantitative estimate of drug-likeness (QED) is 0.324. The van der Waals surface area contributed by atoms with Crippen LogP contribution < -0.4 is 5.32 Å². The number of nitrogens with zero attached hydrogens (tertiary/aromatic N) is 1. The Morgan fingerprint density at radius 2 is 1.57 bits per heavy atom. The summed E-state index contributed by atoms with van der Waals surface area (Å²) in [6.45, 7) is 5.03. The van der Waals surface area contributed by atoms with Gasteiger partial charge in [0.2, 0.25) is 11.8 Å². The largest absolute Gasteiger partial charge is 0.354 e. The minimum absolute atomic E-state index is 0.0443. The van der Waals surface area contributed by atoms with E-state index < -0.39 is 6.04 Å². The molecular formula is C29H33ClN2O2S. The zero-order valence-corrected chi connectivity index (χ0v) is 21.9. The van der Waals surface area contributed by atoms with Gasteiger partial charge in [0, 0.05) is 30.3 Å². The first-order chi connectivity index (χ1) is 17.0. The number of rotatable bonds is 12. The summed E-state index contributed by atoms with van der Waals surface area (Å²) in [4.78, 5) is 28.6. The molecule has 0 saturated carbocycles. The molecule has 0 heterocycles. The minimum Gasteiger partial charge on any atom is -0.354 e. The van der Waals surface area contributed by atoms with E-state index in [0.29, 0.717) is 36.0 Å². The summed E-state index contributed by atoms with van der Waals surface area (Å²) in [5.74, 6) is 0.837. The molecule has 0 aliphatic rings. The molecule has 1 unspecified atom stereocenters. The molecule has 0 aliphatic heterocycles. The predicted octanol–water partition coefficient (Wildman–Crippen LogP) is 6.05. The topological polar surface area (TPSA) is 49.4 Å². The second kappa shape index (κ2) is 14.0. The standard InChI is InChI=1S/C29H33ClN2O2S/c1-3-17-31-29(34)27(18-23-7-5-4-6-8-23)32(19-24-11-9-22(2)10-12-24)28(33)21-35-20-25-13-15-26(30)16-14-25/h4-16,27H,3,17-21H2,1-2H3,(H,31,34). The van der Waals surface area contributed by atoms with Crippen LogP contribution in [-0.2, 0) is 28.3 Å². The van der Waals surface area contributed by atoms with Crippen molar-refractivity contribution in [3.8, 4) is 0 Å². The van der Waals surface area contributed by atoms with Gasteiger partial charge in [0.25, 0.3) is 0 Å². The first kappa shape index (κ1) is 26.8.